The van der Waals surface area contributed by atoms with Gasteiger partial charge in [0.1, 0.15) is 17.6 Å². The van der Waals surface area contributed by atoms with E-state index in [0.717, 1.165) is 5.69 Å². The van der Waals surface area contributed by atoms with Gasteiger partial charge in [-0.2, -0.15) is 10.4 Å². The summed E-state index contributed by atoms with van der Waals surface area (Å²) in [4.78, 5) is 28.6. The first-order chi connectivity index (χ1) is 18.1. The summed E-state index contributed by atoms with van der Waals surface area (Å²) in [5, 5.41) is 25.8. The number of pyridine rings is 1. The third kappa shape index (κ3) is 5.13. The fourth-order valence-electron chi connectivity index (χ4n) is 4.62. The number of carboxylic acid groups (broad SMARTS) is 1. The summed E-state index contributed by atoms with van der Waals surface area (Å²) in [6.07, 6.45) is 0.902. The number of rotatable bonds is 6. The first-order valence-corrected chi connectivity index (χ1v) is 12.0. The Morgan fingerprint density at radius 1 is 1.24 bits per heavy atom. The van der Waals surface area contributed by atoms with Crippen LogP contribution in [0.4, 0.5) is 19.4 Å². The van der Waals surface area contributed by atoms with E-state index in [4.69, 9.17) is 9.84 Å². The summed E-state index contributed by atoms with van der Waals surface area (Å²) in [6.45, 7) is -1.06. The Hall–Kier alpha value is -4.53. The first kappa shape index (κ1) is 25.1. The number of hydrogen-bond acceptors (Lipinski definition) is 6. The number of nitriles is 1. The molecule has 3 heterocycles. The number of aromatic nitrogens is 3. The number of likely N-dealkylation sites (tertiary alicyclic amines) is 1. The van der Waals surface area contributed by atoms with E-state index in [0.29, 0.717) is 28.3 Å². The van der Waals surface area contributed by atoms with Gasteiger partial charge in [0.25, 0.3) is 0 Å². The number of halogens is 2. The van der Waals surface area contributed by atoms with Gasteiger partial charge in [-0.3, -0.25) is 9.48 Å². The Labute approximate surface area is 216 Å². The van der Waals surface area contributed by atoms with Crippen LogP contribution in [0.15, 0.2) is 48.8 Å². The lowest BCUT2D eigenvalue weighted by atomic mass is 10.0. The molecule has 2 aliphatic rings. The highest BCUT2D eigenvalue weighted by Gasteiger charge is 2.48. The van der Waals surface area contributed by atoms with E-state index in [9.17, 15) is 23.6 Å². The molecule has 5 rings (SSSR count). The molecule has 3 aromatic rings. The largest absolute Gasteiger partial charge is 0.483 e. The van der Waals surface area contributed by atoms with Crippen molar-refractivity contribution in [3.63, 3.8) is 0 Å². The topological polar surface area (TPSA) is 133 Å². The SMILES string of the molecule is Cn1ccc([C@H]2C[C@@H]2C(=O)Nc2cc(-c3ccc(O[C@H]4CCN(C(=O)O)CC4(F)F)c(C#N)c3)ccn2)n1. The van der Waals surface area contributed by atoms with Crippen LogP contribution in [0.1, 0.15) is 30.0 Å². The minimum atomic E-state index is -3.41. The Morgan fingerprint density at radius 2 is 2.03 bits per heavy atom. The van der Waals surface area contributed by atoms with E-state index in [-0.39, 0.29) is 42.0 Å². The summed E-state index contributed by atoms with van der Waals surface area (Å²) < 4.78 is 36.2. The smallest absolute Gasteiger partial charge is 0.407 e. The van der Waals surface area contributed by atoms with Gasteiger partial charge < -0.3 is 20.1 Å². The molecule has 1 aromatic carbocycles. The third-order valence-electron chi connectivity index (χ3n) is 6.76. The maximum atomic E-state index is 14.5. The molecule has 0 unspecified atom stereocenters. The molecule has 2 fully saturated rings. The number of alkyl halides is 2. The monoisotopic (exact) mass is 522 g/mol. The molecule has 196 valence electrons. The molecule has 1 aliphatic heterocycles. The van der Waals surface area contributed by atoms with Crippen molar-refractivity contribution < 1.29 is 28.2 Å². The molecule has 0 spiro atoms. The van der Waals surface area contributed by atoms with Crippen molar-refractivity contribution in [2.45, 2.75) is 30.8 Å². The van der Waals surface area contributed by atoms with Gasteiger partial charge in [0.05, 0.1) is 17.8 Å². The Morgan fingerprint density at radius 3 is 2.71 bits per heavy atom. The van der Waals surface area contributed by atoms with Crippen LogP contribution in [0.2, 0.25) is 0 Å². The molecule has 3 atom stereocenters. The van der Waals surface area contributed by atoms with E-state index in [1.54, 1.807) is 22.9 Å². The zero-order valence-electron chi connectivity index (χ0n) is 20.3. The number of amides is 2. The third-order valence-corrected chi connectivity index (χ3v) is 6.76. The molecular formula is C26H24F2N6O4. The molecule has 1 saturated heterocycles. The van der Waals surface area contributed by atoms with E-state index >= 15 is 0 Å². The fraction of sp³-hybridized carbons (Fsp3) is 0.346. The lowest BCUT2D eigenvalue weighted by molar-refractivity contribution is -0.133. The van der Waals surface area contributed by atoms with Gasteiger partial charge in [0, 0.05) is 44.2 Å². The van der Waals surface area contributed by atoms with Crippen LogP contribution in [-0.2, 0) is 11.8 Å². The van der Waals surface area contributed by atoms with Gasteiger partial charge in [-0.15, -0.1) is 0 Å². The van der Waals surface area contributed by atoms with Crippen LogP contribution in [0.5, 0.6) is 5.75 Å². The summed E-state index contributed by atoms with van der Waals surface area (Å²) in [5.74, 6) is -3.32. The lowest BCUT2D eigenvalue weighted by Gasteiger charge is -2.36. The van der Waals surface area contributed by atoms with Crippen molar-refractivity contribution in [1.29, 1.82) is 5.26 Å². The average molecular weight is 523 g/mol. The van der Waals surface area contributed by atoms with Crippen molar-refractivity contribution in [1.82, 2.24) is 19.7 Å². The highest BCUT2D eigenvalue weighted by molar-refractivity contribution is 5.94. The van der Waals surface area contributed by atoms with Crippen LogP contribution in [0, 0.1) is 17.2 Å². The zero-order chi connectivity index (χ0) is 27.0. The number of nitrogens with one attached hydrogen (secondary N) is 1. The van der Waals surface area contributed by atoms with Crippen molar-refractivity contribution in [2.24, 2.45) is 13.0 Å². The number of carbonyl (C=O) groups excluding carboxylic acids is 1. The van der Waals surface area contributed by atoms with Crippen molar-refractivity contribution in [3.8, 4) is 22.9 Å². The summed E-state index contributed by atoms with van der Waals surface area (Å²) in [7, 11) is 1.83. The Kier molecular flexibility index (Phi) is 6.44. The maximum Gasteiger partial charge on any atom is 0.407 e. The highest BCUT2D eigenvalue weighted by atomic mass is 19.3. The van der Waals surface area contributed by atoms with Crippen LogP contribution in [0.3, 0.4) is 0 Å². The van der Waals surface area contributed by atoms with Crippen LogP contribution in [-0.4, -0.2) is 61.9 Å². The molecule has 0 radical (unpaired) electrons. The number of aryl methyl sites for hydroxylation is 1. The average Bonchev–Trinajstić information content (AvgIpc) is 3.58. The standard InChI is InChI=1S/C26H24F2N6O4/c1-33-8-5-20(32-33)18-12-19(18)24(35)31-23-11-16(4-7-30-23)15-2-3-21(17(10-15)13-29)38-22-6-9-34(25(36)37)14-26(22,27)28/h2-5,7-8,10-11,18-19,22H,6,9,12,14H2,1H3,(H,36,37)(H,30,31,35)/t18-,19-,22-/m0/s1. The second-order valence-electron chi connectivity index (χ2n) is 9.47. The Balaban J connectivity index is 1.27. The molecular weight excluding hydrogens is 498 g/mol. The van der Waals surface area contributed by atoms with E-state index in [1.807, 2.05) is 25.4 Å². The van der Waals surface area contributed by atoms with Gasteiger partial charge in [0.15, 0.2) is 6.10 Å². The minimum absolute atomic E-state index is 0.0124. The fourth-order valence-corrected chi connectivity index (χ4v) is 4.62. The molecule has 10 nitrogen and oxygen atoms in total. The zero-order valence-corrected chi connectivity index (χ0v) is 20.3. The first-order valence-electron chi connectivity index (χ1n) is 12.0. The molecule has 38 heavy (non-hydrogen) atoms. The normalized spacial score (nSPS) is 21.8. The number of benzene rings is 1. The van der Waals surface area contributed by atoms with Crippen LogP contribution < -0.4 is 10.1 Å². The van der Waals surface area contributed by atoms with E-state index in [1.165, 1.54) is 18.3 Å². The Bertz CT molecular complexity index is 1440. The molecule has 2 N–H and O–H groups in total. The van der Waals surface area contributed by atoms with Crippen LogP contribution in [0.25, 0.3) is 11.1 Å². The summed E-state index contributed by atoms with van der Waals surface area (Å²) >= 11 is 0. The van der Waals surface area contributed by atoms with Gasteiger partial charge in [-0.1, -0.05) is 6.07 Å². The second-order valence-corrected chi connectivity index (χ2v) is 9.47. The number of piperidine rings is 1. The quantitative estimate of drug-likeness (QED) is 0.502. The van der Waals surface area contributed by atoms with E-state index in [2.05, 4.69) is 15.4 Å². The van der Waals surface area contributed by atoms with E-state index < -0.39 is 24.7 Å². The summed E-state index contributed by atoms with van der Waals surface area (Å²) in [5.41, 5.74) is 2.20. The lowest BCUT2D eigenvalue weighted by Crippen LogP contribution is -2.55. The number of anilines is 1. The molecule has 1 aliphatic carbocycles. The van der Waals surface area contributed by atoms with Crippen LogP contribution >= 0.6 is 0 Å². The maximum absolute atomic E-state index is 14.5. The molecule has 2 aromatic heterocycles. The van der Waals surface area contributed by atoms with Gasteiger partial charge in [-0.25, -0.2) is 18.6 Å². The van der Waals surface area contributed by atoms with Crippen molar-refractivity contribution >= 4 is 17.8 Å². The highest BCUT2D eigenvalue weighted by Crippen LogP contribution is 2.47. The molecule has 0 bridgehead atoms. The predicted molar refractivity (Wildman–Crippen MR) is 131 cm³/mol. The number of nitrogens with zero attached hydrogens (tertiary/aromatic N) is 5. The van der Waals surface area contributed by atoms with Gasteiger partial charge >= 0.3 is 12.0 Å². The van der Waals surface area contributed by atoms with Gasteiger partial charge in [0.2, 0.25) is 5.91 Å². The second kappa shape index (κ2) is 9.74. The molecule has 12 heteroatoms. The number of hydrogen-bond donors (Lipinski definition) is 2. The predicted octanol–water partition coefficient (Wildman–Crippen LogP) is 3.86. The number of carbonyl (C=O) groups is 2. The molecule has 1 saturated carbocycles. The summed E-state index contributed by atoms with van der Waals surface area (Å²) in [6, 6.07) is 11.8. The molecule has 2 amide bonds. The van der Waals surface area contributed by atoms with Crippen molar-refractivity contribution in [2.75, 3.05) is 18.4 Å². The van der Waals surface area contributed by atoms with Crippen molar-refractivity contribution in [3.05, 3.63) is 60.0 Å². The number of ether oxygens (including phenoxy) is 1. The minimum Gasteiger partial charge on any atom is -0.483 e. The van der Waals surface area contributed by atoms with Gasteiger partial charge in [-0.05, 0) is 47.9 Å².